The van der Waals surface area contributed by atoms with Gasteiger partial charge in [-0.2, -0.15) is 13.2 Å². The van der Waals surface area contributed by atoms with E-state index in [1.165, 1.54) is 6.07 Å². The van der Waals surface area contributed by atoms with Crippen LogP contribution < -0.4 is 0 Å². The number of benzene rings is 2. The summed E-state index contributed by atoms with van der Waals surface area (Å²) >= 11 is 1.86. The first kappa shape index (κ1) is 17.9. The second-order valence-electron chi connectivity index (χ2n) is 5.17. The second-order valence-corrected chi connectivity index (χ2v) is 6.33. The zero-order valence-corrected chi connectivity index (χ0v) is 14.1. The predicted molar refractivity (Wildman–Crippen MR) is 88.8 cm³/mol. The number of rotatable bonds is 5. The fourth-order valence-electron chi connectivity index (χ4n) is 2.30. The minimum absolute atomic E-state index is 0.119. The van der Waals surface area contributed by atoms with E-state index in [-0.39, 0.29) is 12.0 Å². The maximum atomic E-state index is 12.8. The Morgan fingerprint density at radius 1 is 1.13 bits per heavy atom. The summed E-state index contributed by atoms with van der Waals surface area (Å²) in [5, 5.41) is 10.4. The average Bonchev–Trinajstić information content (AvgIpc) is 2.52. The van der Waals surface area contributed by atoms with Gasteiger partial charge in [-0.3, -0.25) is 0 Å². The SMILES string of the molecule is O=CC(Cc1ccccc1)C(O)c1cc(C(F)(F)F)ccc1I. The van der Waals surface area contributed by atoms with Crippen LogP contribution in [0.4, 0.5) is 13.2 Å². The Kier molecular flexibility index (Phi) is 5.80. The van der Waals surface area contributed by atoms with Crippen molar-refractivity contribution in [2.45, 2.75) is 18.7 Å². The van der Waals surface area contributed by atoms with Gasteiger partial charge in [-0.15, -0.1) is 0 Å². The molecule has 0 heterocycles. The smallest absolute Gasteiger partial charge is 0.388 e. The Balaban J connectivity index is 2.30. The third-order valence-corrected chi connectivity index (χ3v) is 4.52. The van der Waals surface area contributed by atoms with Crippen molar-refractivity contribution >= 4 is 28.9 Å². The molecule has 0 radical (unpaired) electrons. The van der Waals surface area contributed by atoms with Crippen molar-refractivity contribution in [3.8, 4) is 0 Å². The fourth-order valence-corrected chi connectivity index (χ4v) is 2.95. The monoisotopic (exact) mass is 434 g/mol. The zero-order chi connectivity index (χ0) is 17.0. The van der Waals surface area contributed by atoms with Crippen LogP contribution in [0.25, 0.3) is 0 Å². The number of alkyl halides is 3. The van der Waals surface area contributed by atoms with E-state index in [1.54, 1.807) is 24.3 Å². The standard InChI is InChI=1S/C17H14F3IO2/c18-17(19,20)13-6-7-15(21)14(9-13)16(23)12(10-22)8-11-4-2-1-3-5-11/h1-7,9-10,12,16,23H,8H2. The molecule has 0 aliphatic rings. The molecule has 23 heavy (non-hydrogen) atoms. The van der Waals surface area contributed by atoms with Crippen LogP contribution in [0.15, 0.2) is 48.5 Å². The van der Waals surface area contributed by atoms with Crippen molar-refractivity contribution in [1.29, 1.82) is 0 Å². The summed E-state index contributed by atoms with van der Waals surface area (Å²) in [6.07, 6.45) is -4.93. The first-order valence-corrected chi connectivity index (χ1v) is 7.94. The number of hydrogen-bond acceptors (Lipinski definition) is 2. The van der Waals surface area contributed by atoms with E-state index in [9.17, 15) is 23.1 Å². The minimum atomic E-state index is -4.49. The number of aliphatic hydroxyl groups excluding tert-OH is 1. The summed E-state index contributed by atoms with van der Waals surface area (Å²) in [4.78, 5) is 11.3. The third kappa shape index (κ3) is 4.54. The lowest BCUT2D eigenvalue weighted by Crippen LogP contribution is -2.19. The molecule has 0 aromatic heterocycles. The lowest BCUT2D eigenvalue weighted by atomic mass is 9.90. The van der Waals surface area contributed by atoms with Gasteiger partial charge in [0.05, 0.1) is 11.7 Å². The summed E-state index contributed by atoms with van der Waals surface area (Å²) in [6.45, 7) is 0. The normalized spacial score (nSPS) is 14.3. The van der Waals surface area contributed by atoms with Crippen LogP contribution in [0, 0.1) is 9.49 Å². The highest BCUT2D eigenvalue weighted by Crippen LogP contribution is 2.34. The van der Waals surface area contributed by atoms with E-state index in [4.69, 9.17) is 0 Å². The van der Waals surface area contributed by atoms with E-state index >= 15 is 0 Å². The van der Waals surface area contributed by atoms with Gasteiger partial charge in [-0.05, 0) is 58.3 Å². The maximum absolute atomic E-state index is 12.8. The average molecular weight is 434 g/mol. The van der Waals surface area contributed by atoms with Gasteiger partial charge in [-0.1, -0.05) is 30.3 Å². The highest BCUT2D eigenvalue weighted by Gasteiger charge is 2.32. The summed E-state index contributed by atoms with van der Waals surface area (Å²) in [6, 6.07) is 12.2. The lowest BCUT2D eigenvalue weighted by molar-refractivity contribution is -0.137. The van der Waals surface area contributed by atoms with Gasteiger partial charge in [0.1, 0.15) is 6.29 Å². The fraction of sp³-hybridized carbons (Fsp3) is 0.235. The van der Waals surface area contributed by atoms with Crippen LogP contribution in [0.5, 0.6) is 0 Å². The molecule has 0 aliphatic carbocycles. The molecular formula is C17H14F3IO2. The molecule has 2 atom stereocenters. The molecule has 0 spiro atoms. The largest absolute Gasteiger partial charge is 0.416 e. The van der Waals surface area contributed by atoms with Crippen molar-refractivity contribution in [3.63, 3.8) is 0 Å². The molecule has 6 heteroatoms. The van der Waals surface area contributed by atoms with Crippen LogP contribution >= 0.6 is 22.6 Å². The molecule has 2 rings (SSSR count). The summed E-state index contributed by atoms with van der Waals surface area (Å²) in [5.41, 5.74) is 0.121. The number of carbonyl (C=O) groups excluding carboxylic acids is 1. The Bertz CT molecular complexity index is 671. The summed E-state index contributed by atoms with van der Waals surface area (Å²) < 4.78 is 39.0. The molecule has 0 fully saturated rings. The molecule has 0 aliphatic heterocycles. The van der Waals surface area contributed by atoms with Gasteiger partial charge in [-0.25, -0.2) is 0 Å². The molecular weight excluding hydrogens is 420 g/mol. The quantitative estimate of drug-likeness (QED) is 0.560. The highest BCUT2D eigenvalue weighted by atomic mass is 127. The Morgan fingerprint density at radius 3 is 2.35 bits per heavy atom. The van der Waals surface area contributed by atoms with Crippen LogP contribution in [0.3, 0.4) is 0 Å². The van der Waals surface area contributed by atoms with Crippen LogP contribution in [0.1, 0.15) is 22.8 Å². The van der Waals surface area contributed by atoms with Crippen molar-refractivity contribution in [2.24, 2.45) is 5.92 Å². The first-order valence-electron chi connectivity index (χ1n) is 6.87. The van der Waals surface area contributed by atoms with Gasteiger partial charge in [0.15, 0.2) is 0 Å². The van der Waals surface area contributed by atoms with Gasteiger partial charge in [0.25, 0.3) is 0 Å². The number of aldehydes is 1. The van der Waals surface area contributed by atoms with E-state index in [0.29, 0.717) is 9.86 Å². The molecule has 2 aromatic rings. The van der Waals surface area contributed by atoms with Gasteiger partial charge in [0, 0.05) is 9.49 Å². The van der Waals surface area contributed by atoms with Crippen molar-refractivity contribution in [3.05, 3.63) is 68.8 Å². The number of aliphatic hydroxyl groups is 1. The van der Waals surface area contributed by atoms with E-state index in [2.05, 4.69) is 0 Å². The molecule has 0 amide bonds. The van der Waals surface area contributed by atoms with E-state index in [1.807, 2.05) is 28.7 Å². The molecule has 122 valence electrons. The van der Waals surface area contributed by atoms with Crippen LogP contribution in [-0.4, -0.2) is 11.4 Å². The van der Waals surface area contributed by atoms with Crippen molar-refractivity contribution in [1.82, 2.24) is 0 Å². The minimum Gasteiger partial charge on any atom is -0.388 e. The zero-order valence-electron chi connectivity index (χ0n) is 11.9. The third-order valence-electron chi connectivity index (χ3n) is 3.54. The van der Waals surface area contributed by atoms with Gasteiger partial charge >= 0.3 is 6.18 Å². The molecule has 0 bridgehead atoms. The highest BCUT2D eigenvalue weighted by molar-refractivity contribution is 14.1. The maximum Gasteiger partial charge on any atom is 0.416 e. The van der Waals surface area contributed by atoms with Gasteiger partial charge in [0.2, 0.25) is 0 Å². The molecule has 0 saturated carbocycles. The van der Waals surface area contributed by atoms with Crippen LogP contribution in [-0.2, 0) is 17.4 Å². The van der Waals surface area contributed by atoms with Gasteiger partial charge < -0.3 is 9.90 Å². The Morgan fingerprint density at radius 2 is 1.78 bits per heavy atom. The molecule has 2 nitrogen and oxygen atoms in total. The molecule has 1 N–H and O–H groups in total. The number of hydrogen-bond donors (Lipinski definition) is 1. The van der Waals surface area contributed by atoms with Crippen molar-refractivity contribution < 1.29 is 23.1 Å². The molecule has 2 unspecified atom stereocenters. The Labute approximate surface area is 145 Å². The lowest BCUT2D eigenvalue weighted by Gasteiger charge is -2.20. The molecule has 2 aromatic carbocycles. The Hall–Kier alpha value is -1.41. The van der Waals surface area contributed by atoms with Crippen LogP contribution in [0.2, 0.25) is 0 Å². The van der Waals surface area contributed by atoms with E-state index < -0.39 is 23.8 Å². The topological polar surface area (TPSA) is 37.3 Å². The summed E-state index contributed by atoms with van der Waals surface area (Å²) in [7, 11) is 0. The second kappa shape index (κ2) is 7.44. The van der Waals surface area contributed by atoms with Crippen molar-refractivity contribution in [2.75, 3.05) is 0 Å². The first-order chi connectivity index (χ1) is 10.8. The molecule has 0 saturated heterocycles. The number of carbonyl (C=O) groups is 1. The predicted octanol–water partition coefficient (Wildman–Crippen LogP) is 4.40. The van der Waals surface area contributed by atoms with E-state index in [0.717, 1.165) is 17.7 Å². The summed E-state index contributed by atoms with van der Waals surface area (Å²) in [5.74, 6) is -0.811. The number of halogens is 4.